The zero-order valence-electron chi connectivity index (χ0n) is 16.5. The number of phenolic OH excluding ortho intramolecular Hbond substituents is 1. The molecule has 10 nitrogen and oxygen atoms in total. The highest BCUT2D eigenvalue weighted by molar-refractivity contribution is 5.92. The lowest BCUT2D eigenvalue weighted by Crippen LogP contribution is -2.53. The molecule has 0 heterocycles. The van der Waals surface area contributed by atoms with E-state index in [0.717, 1.165) is 0 Å². The predicted molar refractivity (Wildman–Crippen MR) is 105 cm³/mol. The monoisotopic (exact) mass is 408 g/mol. The number of nitrogens with two attached hydrogens (primary N) is 1. The number of aliphatic carboxylic acids is 1. The number of benzene rings is 1. The van der Waals surface area contributed by atoms with Gasteiger partial charge in [-0.1, -0.05) is 32.4 Å². The van der Waals surface area contributed by atoms with Gasteiger partial charge in [-0.25, -0.2) is 4.79 Å². The molecule has 0 spiro atoms. The maximum atomic E-state index is 12.5. The summed E-state index contributed by atoms with van der Waals surface area (Å²) in [6.07, 6.45) is 0.674. The molecule has 0 fully saturated rings. The van der Waals surface area contributed by atoms with Crippen LogP contribution in [0.3, 0.4) is 0 Å². The number of carboxylic acid groups (broad SMARTS) is 1. The lowest BCUT2D eigenvalue weighted by molar-refractivity contribution is -0.143. The van der Waals surface area contributed by atoms with Gasteiger partial charge in [0.15, 0.2) is 0 Å². The van der Waals surface area contributed by atoms with Crippen LogP contribution in [0.25, 0.3) is 0 Å². The van der Waals surface area contributed by atoms with E-state index >= 15 is 0 Å². The van der Waals surface area contributed by atoms with E-state index < -0.39 is 42.3 Å². The molecule has 1 aromatic carbocycles. The Kier molecular flexibility index (Phi) is 9.60. The van der Waals surface area contributed by atoms with Crippen molar-refractivity contribution in [2.75, 3.05) is 13.1 Å². The van der Waals surface area contributed by atoms with Crippen molar-refractivity contribution in [2.45, 2.75) is 38.8 Å². The van der Waals surface area contributed by atoms with E-state index in [2.05, 4.69) is 16.0 Å². The van der Waals surface area contributed by atoms with E-state index in [0.29, 0.717) is 12.0 Å². The first kappa shape index (κ1) is 23.9. The molecule has 3 amide bonds. The lowest BCUT2D eigenvalue weighted by atomic mass is 9.99. The largest absolute Gasteiger partial charge is 0.508 e. The Labute approximate surface area is 168 Å². The molecule has 1 aromatic rings. The van der Waals surface area contributed by atoms with Gasteiger partial charge in [0.2, 0.25) is 17.7 Å². The molecule has 3 unspecified atom stereocenters. The normalized spacial score (nSPS) is 13.6. The number of nitrogens with one attached hydrogen (secondary N) is 3. The third-order valence-corrected chi connectivity index (χ3v) is 4.43. The van der Waals surface area contributed by atoms with Gasteiger partial charge >= 0.3 is 5.97 Å². The number of amides is 3. The molecule has 0 aliphatic heterocycles. The summed E-state index contributed by atoms with van der Waals surface area (Å²) in [6.45, 7) is 2.76. The van der Waals surface area contributed by atoms with Crippen LogP contribution in [0.1, 0.15) is 25.8 Å². The second kappa shape index (κ2) is 11.6. The van der Waals surface area contributed by atoms with Crippen LogP contribution in [0.15, 0.2) is 24.3 Å². The van der Waals surface area contributed by atoms with E-state index in [-0.39, 0.29) is 24.6 Å². The van der Waals surface area contributed by atoms with Crippen LogP contribution in [0.4, 0.5) is 0 Å². The Balaban J connectivity index is 2.73. The van der Waals surface area contributed by atoms with Gasteiger partial charge in [0.25, 0.3) is 0 Å². The third kappa shape index (κ3) is 8.18. The summed E-state index contributed by atoms with van der Waals surface area (Å²) in [7, 11) is 0. The fourth-order valence-electron chi connectivity index (χ4n) is 2.53. The maximum Gasteiger partial charge on any atom is 0.326 e. The molecule has 10 heteroatoms. The van der Waals surface area contributed by atoms with Gasteiger partial charge in [-0.3, -0.25) is 14.4 Å². The Morgan fingerprint density at radius 1 is 1.07 bits per heavy atom. The van der Waals surface area contributed by atoms with Crippen LogP contribution >= 0.6 is 0 Å². The van der Waals surface area contributed by atoms with Crippen molar-refractivity contribution in [2.24, 2.45) is 11.7 Å². The highest BCUT2D eigenvalue weighted by atomic mass is 16.4. The Morgan fingerprint density at radius 2 is 1.69 bits per heavy atom. The summed E-state index contributed by atoms with van der Waals surface area (Å²) in [5.41, 5.74) is 5.96. The van der Waals surface area contributed by atoms with Gasteiger partial charge in [0, 0.05) is 6.42 Å². The van der Waals surface area contributed by atoms with Crippen molar-refractivity contribution >= 4 is 23.7 Å². The summed E-state index contributed by atoms with van der Waals surface area (Å²) < 4.78 is 0. The van der Waals surface area contributed by atoms with Gasteiger partial charge < -0.3 is 31.9 Å². The van der Waals surface area contributed by atoms with Crippen molar-refractivity contribution in [1.82, 2.24) is 16.0 Å². The second-order valence-electron chi connectivity index (χ2n) is 6.68. The topological polar surface area (TPSA) is 171 Å². The molecule has 0 aliphatic rings. The maximum absolute atomic E-state index is 12.5. The summed E-state index contributed by atoms with van der Waals surface area (Å²) in [6, 6.07) is 4.04. The molecule has 7 N–H and O–H groups in total. The van der Waals surface area contributed by atoms with Crippen molar-refractivity contribution in [1.29, 1.82) is 0 Å². The van der Waals surface area contributed by atoms with Crippen molar-refractivity contribution in [3.8, 4) is 5.75 Å². The quantitative estimate of drug-likeness (QED) is 0.276. The zero-order chi connectivity index (χ0) is 22.0. The lowest BCUT2D eigenvalue weighted by Gasteiger charge is -2.21. The molecular weight excluding hydrogens is 380 g/mol. The van der Waals surface area contributed by atoms with Crippen LogP contribution in [0.2, 0.25) is 0 Å². The van der Waals surface area contributed by atoms with Crippen LogP contribution in [-0.2, 0) is 25.6 Å². The number of rotatable bonds is 11. The van der Waals surface area contributed by atoms with E-state index in [4.69, 9.17) is 5.73 Å². The summed E-state index contributed by atoms with van der Waals surface area (Å²) in [5.74, 6) is -3.19. The Bertz CT molecular complexity index is 722. The first-order valence-corrected chi connectivity index (χ1v) is 9.25. The fourth-order valence-corrected chi connectivity index (χ4v) is 2.53. The first-order valence-electron chi connectivity index (χ1n) is 9.25. The van der Waals surface area contributed by atoms with Crippen LogP contribution < -0.4 is 21.7 Å². The molecular formula is C19H28N4O6. The number of hydrogen-bond acceptors (Lipinski definition) is 6. The van der Waals surface area contributed by atoms with Gasteiger partial charge in [-0.15, -0.1) is 0 Å². The Morgan fingerprint density at radius 3 is 2.21 bits per heavy atom. The van der Waals surface area contributed by atoms with E-state index in [1.165, 1.54) is 12.1 Å². The molecule has 0 bridgehead atoms. The molecule has 0 radical (unpaired) electrons. The molecule has 0 saturated heterocycles. The van der Waals surface area contributed by atoms with Crippen molar-refractivity contribution < 1.29 is 29.4 Å². The minimum Gasteiger partial charge on any atom is -0.508 e. The number of hydrogen-bond donors (Lipinski definition) is 6. The molecule has 0 saturated carbocycles. The SMILES string of the molecule is CCC(C)C(NC(=O)CNC(=O)C(Cc1ccc(O)cc1)NC(=O)CN)C(=O)O. The first-order chi connectivity index (χ1) is 13.7. The Hall–Kier alpha value is -3.14. The van der Waals surface area contributed by atoms with Gasteiger partial charge in [0.05, 0.1) is 13.1 Å². The third-order valence-electron chi connectivity index (χ3n) is 4.43. The van der Waals surface area contributed by atoms with Crippen LogP contribution in [0.5, 0.6) is 5.75 Å². The van der Waals surface area contributed by atoms with Gasteiger partial charge in [-0.2, -0.15) is 0 Å². The highest BCUT2D eigenvalue weighted by Gasteiger charge is 2.26. The minimum absolute atomic E-state index is 0.0618. The summed E-state index contributed by atoms with van der Waals surface area (Å²) >= 11 is 0. The predicted octanol–water partition coefficient (Wildman–Crippen LogP) is -0.890. The summed E-state index contributed by atoms with van der Waals surface area (Å²) in [5, 5.41) is 25.8. The fraction of sp³-hybridized carbons (Fsp3) is 0.474. The molecule has 160 valence electrons. The smallest absolute Gasteiger partial charge is 0.326 e. The van der Waals surface area contributed by atoms with E-state index in [9.17, 15) is 29.4 Å². The average molecular weight is 408 g/mol. The van der Waals surface area contributed by atoms with Gasteiger partial charge in [0.1, 0.15) is 17.8 Å². The zero-order valence-corrected chi connectivity index (χ0v) is 16.5. The van der Waals surface area contributed by atoms with Crippen LogP contribution in [-0.4, -0.2) is 59.1 Å². The van der Waals surface area contributed by atoms with Crippen molar-refractivity contribution in [3.05, 3.63) is 29.8 Å². The second-order valence-corrected chi connectivity index (χ2v) is 6.68. The molecule has 3 atom stereocenters. The average Bonchev–Trinajstić information content (AvgIpc) is 2.70. The molecule has 0 aliphatic carbocycles. The minimum atomic E-state index is -1.15. The number of carboxylic acids is 1. The number of carbonyl (C=O) groups excluding carboxylic acids is 3. The van der Waals surface area contributed by atoms with Crippen LogP contribution in [0, 0.1) is 5.92 Å². The number of phenols is 1. The molecule has 0 aromatic heterocycles. The highest BCUT2D eigenvalue weighted by Crippen LogP contribution is 2.11. The van der Waals surface area contributed by atoms with Crippen molar-refractivity contribution in [3.63, 3.8) is 0 Å². The number of carbonyl (C=O) groups is 4. The van der Waals surface area contributed by atoms with E-state index in [1.54, 1.807) is 19.1 Å². The van der Waals surface area contributed by atoms with E-state index in [1.807, 2.05) is 6.92 Å². The standard InChI is InChI=1S/C19H28N4O6/c1-3-11(2)17(19(28)29)23-16(26)10-21-18(27)14(22-15(25)9-20)8-12-4-6-13(24)7-5-12/h4-7,11,14,17,24H,3,8-10,20H2,1-2H3,(H,21,27)(H,22,25)(H,23,26)(H,28,29). The molecule has 29 heavy (non-hydrogen) atoms. The number of aromatic hydroxyl groups is 1. The van der Waals surface area contributed by atoms with Gasteiger partial charge in [-0.05, 0) is 23.6 Å². The summed E-state index contributed by atoms with van der Waals surface area (Å²) in [4.78, 5) is 47.4. The molecule has 1 rings (SSSR count).